The highest BCUT2D eigenvalue weighted by Gasteiger charge is 2.24. The molecule has 0 saturated heterocycles. The zero-order valence-corrected chi connectivity index (χ0v) is 22.2. The smallest absolute Gasteiger partial charge is 0.100 e. The summed E-state index contributed by atoms with van der Waals surface area (Å²) in [6.07, 6.45) is 34.5. The summed E-state index contributed by atoms with van der Waals surface area (Å²) in [6, 6.07) is 0. The van der Waals surface area contributed by atoms with E-state index in [-0.39, 0.29) is 0 Å². The minimum absolute atomic E-state index is 1.26. The third-order valence-electron chi connectivity index (χ3n) is 7.69. The van der Waals surface area contributed by atoms with Crippen LogP contribution in [0.25, 0.3) is 0 Å². The summed E-state index contributed by atoms with van der Waals surface area (Å²) in [5, 5.41) is 0. The lowest BCUT2D eigenvalue weighted by Crippen LogP contribution is -2.48. The van der Waals surface area contributed by atoms with E-state index in [0.29, 0.717) is 0 Å². The van der Waals surface area contributed by atoms with E-state index < -0.39 is 0 Å². The van der Waals surface area contributed by atoms with Crippen molar-refractivity contribution >= 4 is 0 Å². The number of hydrogen-bond donors (Lipinski definition) is 0. The minimum Gasteiger partial charge on any atom is -0.322 e. The normalized spacial score (nSPS) is 19.0. The van der Waals surface area contributed by atoms with Crippen molar-refractivity contribution in [2.24, 2.45) is 0 Å². The molecule has 1 aliphatic heterocycles. The molecule has 0 aliphatic carbocycles. The second-order valence-corrected chi connectivity index (χ2v) is 10.9. The van der Waals surface area contributed by atoms with Gasteiger partial charge in [0.2, 0.25) is 0 Å². The van der Waals surface area contributed by atoms with Gasteiger partial charge in [-0.3, -0.25) is 0 Å². The molecule has 1 heterocycles. The van der Waals surface area contributed by atoms with Crippen molar-refractivity contribution in [1.82, 2.24) is 0 Å². The SMILES string of the molecule is CCCCCCCCCCCCCCCCCCCCCC[N+]1(C)CCC=C(CC)C1. The molecule has 1 nitrogen and oxygen atoms in total. The Hall–Kier alpha value is -0.300. The Kier molecular flexibility index (Phi) is 18.8. The first-order valence-electron chi connectivity index (χ1n) is 14.7. The van der Waals surface area contributed by atoms with E-state index in [1.54, 1.807) is 5.57 Å². The lowest BCUT2D eigenvalue weighted by Gasteiger charge is -2.38. The van der Waals surface area contributed by atoms with Gasteiger partial charge in [0, 0.05) is 6.42 Å². The molecule has 0 aromatic carbocycles. The van der Waals surface area contributed by atoms with Gasteiger partial charge in [-0.25, -0.2) is 0 Å². The first-order chi connectivity index (χ1) is 15.2. The molecule has 0 N–H and O–H groups in total. The van der Waals surface area contributed by atoms with E-state index >= 15 is 0 Å². The van der Waals surface area contributed by atoms with Crippen molar-refractivity contribution < 1.29 is 4.48 Å². The molecule has 0 fully saturated rings. The van der Waals surface area contributed by atoms with E-state index in [1.165, 1.54) is 165 Å². The average molecular weight is 435 g/mol. The molecule has 1 atom stereocenters. The Morgan fingerprint density at radius 3 is 1.35 bits per heavy atom. The van der Waals surface area contributed by atoms with Crippen LogP contribution in [0.15, 0.2) is 11.6 Å². The monoisotopic (exact) mass is 434 g/mol. The molecular weight excluding hydrogens is 374 g/mol. The molecule has 0 spiro atoms. The zero-order valence-electron chi connectivity index (χ0n) is 22.2. The quantitative estimate of drug-likeness (QED) is 0.0903. The summed E-state index contributed by atoms with van der Waals surface area (Å²) < 4.78 is 1.30. The van der Waals surface area contributed by atoms with Crippen molar-refractivity contribution in [2.75, 3.05) is 26.7 Å². The van der Waals surface area contributed by atoms with Gasteiger partial charge in [-0.2, -0.15) is 0 Å². The molecule has 0 aromatic rings. The van der Waals surface area contributed by atoms with E-state index in [4.69, 9.17) is 0 Å². The van der Waals surface area contributed by atoms with Crippen LogP contribution in [0.4, 0.5) is 0 Å². The average Bonchev–Trinajstić information content (AvgIpc) is 2.77. The molecule has 31 heavy (non-hydrogen) atoms. The summed E-state index contributed by atoms with van der Waals surface area (Å²) in [5.74, 6) is 0. The third kappa shape index (κ3) is 16.9. The largest absolute Gasteiger partial charge is 0.322 e. The van der Waals surface area contributed by atoms with E-state index in [9.17, 15) is 0 Å². The van der Waals surface area contributed by atoms with Gasteiger partial charge in [0.1, 0.15) is 6.54 Å². The first-order valence-corrected chi connectivity index (χ1v) is 14.7. The van der Waals surface area contributed by atoms with Gasteiger partial charge in [-0.05, 0) is 24.8 Å². The molecular formula is C30H60N+. The highest BCUT2D eigenvalue weighted by atomic mass is 15.3. The topological polar surface area (TPSA) is 0 Å². The van der Waals surface area contributed by atoms with Gasteiger partial charge >= 0.3 is 0 Å². The maximum absolute atomic E-state index is 2.50. The summed E-state index contributed by atoms with van der Waals surface area (Å²) in [6.45, 7) is 8.70. The summed E-state index contributed by atoms with van der Waals surface area (Å²) in [5.41, 5.74) is 1.70. The fraction of sp³-hybridized carbons (Fsp3) is 0.933. The standard InChI is InChI=1S/C30H60N/c1-4-6-7-8-9-10-11-12-13-14-15-16-17-18-19-20-21-22-23-24-27-31(3)28-25-26-30(5-2)29-31/h26H,4-25,27-29H2,1-3H3/q+1. The molecule has 1 unspecified atom stereocenters. The fourth-order valence-corrected chi connectivity index (χ4v) is 5.41. The van der Waals surface area contributed by atoms with E-state index in [0.717, 1.165) is 0 Å². The van der Waals surface area contributed by atoms with E-state index in [1.807, 2.05) is 0 Å². The molecule has 1 heteroatoms. The Morgan fingerprint density at radius 2 is 0.968 bits per heavy atom. The van der Waals surface area contributed by atoms with Gasteiger partial charge in [0.25, 0.3) is 0 Å². The Morgan fingerprint density at radius 1 is 0.581 bits per heavy atom. The molecule has 184 valence electrons. The summed E-state index contributed by atoms with van der Waals surface area (Å²) >= 11 is 0. The predicted octanol–water partition coefficient (Wildman–Crippen LogP) is 9.99. The molecule has 1 rings (SSSR count). The number of nitrogens with zero attached hydrogens (tertiary/aromatic N) is 1. The molecule has 0 saturated carbocycles. The number of quaternary nitrogens is 1. The molecule has 0 radical (unpaired) electrons. The maximum atomic E-state index is 2.50. The lowest BCUT2D eigenvalue weighted by atomic mass is 10.0. The number of hydrogen-bond acceptors (Lipinski definition) is 0. The number of unbranched alkanes of at least 4 members (excludes halogenated alkanes) is 19. The molecule has 0 amide bonds. The third-order valence-corrected chi connectivity index (χ3v) is 7.69. The number of rotatable bonds is 22. The van der Waals surface area contributed by atoms with Gasteiger partial charge in [0.15, 0.2) is 0 Å². The Labute approximate surface area is 198 Å². The van der Waals surface area contributed by atoms with Gasteiger partial charge in [0.05, 0.1) is 20.1 Å². The maximum Gasteiger partial charge on any atom is 0.100 e. The highest BCUT2D eigenvalue weighted by molar-refractivity contribution is 5.03. The van der Waals surface area contributed by atoms with Crippen LogP contribution in [0.2, 0.25) is 0 Å². The van der Waals surface area contributed by atoms with Crippen LogP contribution in [0, 0.1) is 0 Å². The van der Waals surface area contributed by atoms with Crippen LogP contribution in [0.3, 0.4) is 0 Å². The van der Waals surface area contributed by atoms with Gasteiger partial charge in [-0.1, -0.05) is 135 Å². The van der Waals surface area contributed by atoms with Crippen LogP contribution in [0.5, 0.6) is 0 Å². The van der Waals surface area contributed by atoms with Crippen molar-refractivity contribution in [3.05, 3.63) is 11.6 Å². The first kappa shape index (κ1) is 28.7. The minimum atomic E-state index is 1.26. The van der Waals surface area contributed by atoms with Crippen LogP contribution >= 0.6 is 0 Å². The van der Waals surface area contributed by atoms with Gasteiger partial charge < -0.3 is 4.48 Å². The van der Waals surface area contributed by atoms with Gasteiger partial charge in [-0.15, -0.1) is 0 Å². The van der Waals surface area contributed by atoms with Crippen molar-refractivity contribution in [3.63, 3.8) is 0 Å². The Balaban J connectivity index is 1.74. The predicted molar refractivity (Wildman–Crippen MR) is 142 cm³/mol. The molecule has 1 aliphatic rings. The number of likely N-dealkylation sites (N-methyl/N-ethyl adjacent to an activating group) is 1. The van der Waals surface area contributed by atoms with Crippen molar-refractivity contribution in [3.8, 4) is 0 Å². The van der Waals surface area contributed by atoms with Crippen LogP contribution in [-0.2, 0) is 0 Å². The summed E-state index contributed by atoms with van der Waals surface area (Å²) in [4.78, 5) is 0. The second kappa shape index (κ2) is 20.3. The van der Waals surface area contributed by atoms with Crippen LogP contribution < -0.4 is 0 Å². The molecule has 0 aromatic heterocycles. The van der Waals surface area contributed by atoms with E-state index in [2.05, 4.69) is 27.0 Å². The Bertz CT molecular complexity index is 413. The fourth-order valence-electron chi connectivity index (χ4n) is 5.41. The lowest BCUT2D eigenvalue weighted by molar-refractivity contribution is -0.906. The highest BCUT2D eigenvalue weighted by Crippen LogP contribution is 2.20. The second-order valence-electron chi connectivity index (χ2n) is 10.9. The summed E-state index contributed by atoms with van der Waals surface area (Å²) in [7, 11) is 2.48. The van der Waals surface area contributed by atoms with Crippen LogP contribution in [-0.4, -0.2) is 31.2 Å². The van der Waals surface area contributed by atoms with Crippen LogP contribution in [0.1, 0.15) is 155 Å². The zero-order chi connectivity index (χ0) is 22.5. The van der Waals surface area contributed by atoms with Crippen molar-refractivity contribution in [1.29, 1.82) is 0 Å². The van der Waals surface area contributed by atoms with Crippen molar-refractivity contribution in [2.45, 2.75) is 155 Å². The molecule has 0 bridgehead atoms.